The van der Waals surface area contributed by atoms with Gasteiger partial charge < -0.3 is 10.4 Å². The number of carboxylic acid groups (broad SMARTS) is 1. The number of carbonyl (C=O) groups is 2. The van der Waals surface area contributed by atoms with E-state index < -0.39 is 23.6 Å². The van der Waals surface area contributed by atoms with E-state index in [1.54, 1.807) is 12.2 Å². The first-order valence-electron chi connectivity index (χ1n) is 4.80. The van der Waals surface area contributed by atoms with Crippen LogP contribution in [0.5, 0.6) is 0 Å². The SMILES string of the molecule is CC1CCC(NC(=O)C(F)(F)F)(C(=O)O)C1. The predicted molar refractivity (Wildman–Crippen MR) is 47.6 cm³/mol. The highest BCUT2D eigenvalue weighted by Crippen LogP contribution is 2.35. The average molecular weight is 239 g/mol. The van der Waals surface area contributed by atoms with Crippen molar-refractivity contribution in [3.63, 3.8) is 0 Å². The van der Waals surface area contributed by atoms with Crippen LogP contribution in [0.4, 0.5) is 13.2 Å². The van der Waals surface area contributed by atoms with Crippen LogP contribution in [0.1, 0.15) is 26.2 Å². The van der Waals surface area contributed by atoms with Gasteiger partial charge in [-0.1, -0.05) is 6.92 Å². The Hall–Kier alpha value is -1.27. The predicted octanol–water partition coefficient (Wildman–Crippen LogP) is 1.31. The lowest BCUT2D eigenvalue weighted by molar-refractivity contribution is -0.177. The van der Waals surface area contributed by atoms with Crippen molar-refractivity contribution in [2.24, 2.45) is 5.92 Å². The monoisotopic (exact) mass is 239 g/mol. The molecule has 0 aromatic carbocycles. The molecule has 1 aliphatic carbocycles. The number of nitrogens with one attached hydrogen (secondary N) is 1. The van der Waals surface area contributed by atoms with Gasteiger partial charge in [0.05, 0.1) is 0 Å². The normalized spacial score (nSPS) is 30.1. The molecule has 0 saturated heterocycles. The fourth-order valence-electron chi connectivity index (χ4n) is 1.94. The summed E-state index contributed by atoms with van der Waals surface area (Å²) in [5, 5.41) is 10.5. The molecule has 0 aromatic rings. The summed E-state index contributed by atoms with van der Waals surface area (Å²) in [7, 11) is 0. The van der Waals surface area contributed by atoms with Gasteiger partial charge in [0.15, 0.2) is 0 Å². The minimum Gasteiger partial charge on any atom is -0.480 e. The Morgan fingerprint density at radius 1 is 1.44 bits per heavy atom. The number of halogens is 3. The summed E-state index contributed by atoms with van der Waals surface area (Å²) in [6, 6.07) is 0. The smallest absolute Gasteiger partial charge is 0.471 e. The lowest BCUT2D eigenvalue weighted by Crippen LogP contribution is -2.56. The van der Waals surface area contributed by atoms with Crippen molar-refractivity contribution in [2.45, 2.75) is 37.9 Å². The van der Waals surface area contributed by atoms with Crippen molar-refractivity contribution in [1.29, 1.82) is 0 Å². The Labute approximate surface area is 89.8 Å². The molecule has 0 spiro atoms. The molecule has 0 heterocycles. The maximum atomic E-state index is 12.0. The molecule has 1 aliphatic rings. The van der Waals surface area contributed by atoms with Gasteiger partial charge in [-0.25, -0.2) is 4.79 Å². The Kier molecular flexibility index (Phi) is 3.16. The first-order valence-corrected chi connectivity index (χ1v) is 4.80. The van der Waals surface area contributed by atoms with Gasteiger partial charge in [-0.05, 0) is 25.2 Å². The fourth-order valence-corrected chi connectivity index (χ4v) is 1.94. The van der Waals surface area contributed by atoms with Crippen molar-refractivity contribution in [1.82, 2.24) is 5.32 Å². The van der Waals surface area contributed by atoms with E-state index in [1.165, 1.54) is 0 Å². The van der Waals surface area contributed by atoms with Crippen molar-refractivity contribution in [2.75, 3.05) is 0 Å². The van der Waals surface area contributed by atoms with Crippen LogP contribution in [0, 0.1) is 5.92 Å². The summed E-state index contributed by atoms with van der Waals surface area (Å²) in [6.45, 7) is 1.74. The molecule has 1 fully saturated rings. The molecule has 0 bridgehead atoms. The van der Waals surface area contributed by atoms with Crippen LogP contribution in [0.2, 0.25) is 0 Å². The summed E-state index contributed by atoms with van der Waals surface area (Å²) in [6.07, 6.45) is -4.49. The van der Waals surface area contributed by atoms with Gasteiger partial charge in [-0.3, -0.25) is 4.79 Å². The largest absolute Gasteiger partial charge is 0.480 e. The third-order valence-electron chi connectivity index (χ3n) is 2.78. The molecule has 2 unspecified atom stereocenters. The highest BCUT2D eigenvalue weighted by Gasteiger charge is 2.50. The number of hydrogen-bond acceptors (Lipinski definition) is 2. The van der Waals surface area contributed by atoms with E-state index in [0.29, 0.717) is 6.42 Å². The number of rotatable bonds is 2. The number of carbonyl (C=O) groups excluding carboxylic acids is 1. The topological polar surface area (TPSA) is 66.4 Å². The van der Waals surface area contributed by atoms with Crippen LogP contribution in [0.15, 0.2) is 0 Å². The zero-order chi connectivity index (χ0) is 12.6. The first kappa shape index (κ1) is 12.8. The zero-order valence-electron chi connectivity index (χ0n) is 8.60. The maximum Gasteiger partial charge on any atom is 0.471 e. The number of amides is 1. The second kappa shape index (κ2) is 3.95. The zero-order valence-corrected chi connectivity index (χ0v) is 8.60. The third kappa shape index (κ3) is 2.45. The molecule has 0 aromatic heterocycles. The molecule has 2 N–H and O–H groups in total. The minimum atomic E-state index is -5.05. The molecule has 92 valence electrons. The molecule has 1 saturated carbocycles. The molecular weight excluding hydrogens is 227 g/mol. The molecule has 0 radical (unpaired) electrons. The minimum absolute atomic E-state index is 0.00960. The number of alkyl halides is 3. The fraction of sp³-hybridized carbons (Fsp3) is 0.778. The van der Waals surface area contributed by atoms with E-state index in [9.17, 15) is 22.8 Å². The van der Waals surface area contributed by atoms with E-state index in [-0.39, 0.29) is 18.8 Å². The van der Waals surface area contributed by atoms with Crippen LogP contribution >= 0.6 is 0 Å². The van der Waals surface area contributed by atoms with Crippen LogP contribution in [0.25, 0.3) is 0 Å². The summed E-state index contributed by atoms with van der Waals surface area (Å²) in [5.74, 6) is -3.61. The molecule has 0 aliphatic heterocycles. The first-order chi connectivity index (χ1) is 7.17. The quantitative estimate of drug-likeness (QED) is 0.763. The van der Waals surface area contributed by atoms with Crippen molar-refractivity contribution in [3.05, 3.63) is 0 Å². The molecule has 1 rings (SSSR count). The Morgan fingerprint density at radius 3 is 2.31 bits per heavy atom. The lowest BCUT2D eigenvalue weighted by atomic mass is 9.96. The summed E-state index contributed by atoms with van der Waals surface area (Å²) >= 11 is 0. The Bertz CT molecular complexity index is 316. The number of carboxylic acids is 1. The molecule has 4 nitrogen and oxygen atoms in total. The van der Waals surface area contributed by atoms with E-state index in [0.717, 1.165) is 0 Å². The van der Waals surface area contributed by atoms with Crippen molar-refractivity contribution >= 4 is 11.9 Å². The van der Waals surface area contributed by atoms with E-state index in [2.05, 4.69) is 0 Å². The van der Waals surface area contributed by atoms with Crippen LogP contribution in [-0.2, 0) is 9.59 Å². The van der Waals surface area contributed by atoms with Crippen molar-refractivity contribution in [3.8, 4) is 0 Å². The van der Waals surface area contributed by atoms with Gasteiger partial charge in [0.2, 0.25) is 0 Å². The summed E-state index contributed by atoms with van der Waals surface area (Å²) < 4.78 is 36.1. The Balaban J connectivity index is 2.82. The van der Waals surface area contributed by atoms with Crippen molar-refractivity contribution < 1.29 is 27.9 Å². The van der Waals surface area contributed by atoms with E-state index >= 15 is 0 Å². The van der Waals surface area contributed by atoms with Gasteiger partial charge >= 0.3 is 18.1 Å². The number of aliphatic carboxylic acids is 1. The second-order valence-electron chi connectivity index (χ2n) is 4.19. The van der Waals surface area contributed by atoms with Crippen LogP contribution < -0.4 is 5.32 Å². The van der Waals surface area contributed by atoms with Gasteiger partial charge in [-0.15, -0.1) is 0 Å². The second-order valence-corrected chi connectivity index (χ2v) is 4.19. The average Bonchev–Trinajstić information content (AvgIpc) is 2.47. The Morgan fingerprint density at radius 2 is 2.00 bits per heavy atom. The summed E-state index contributed by atoms with van der Waals surface area (Å²) in [5.41, 5.74) is -1.76. The van der Waals surface area contributed by atoms with E-state index in [4.69, 9.17) is 5.11 Å². The van der Waals surface area contributed by atoms with Gasteiger partial charge in [-0.2, -0.15) is 13.2 Å². The van der Waals surface area contributed by atoms with Crippen LogP contribution in [0.3, 0.4) is 0 Å². The summed E-state index contributed by atoms with van der Waals surface area (Å²) in [4.78, 5) is 21.7. The maximum absolute atomic E-state index is 12.0. The highest BCUT2D eigenvalue weighted by molar-refractivity contribution is 5.89. The van der Waals surface area contributed by atoms with Gasteiger partial charge in [0.25, 0.3) is 0 Å². The van der Waals surface area contributed by atoms with Gasteiger partial charge in [0, 0.05) is 0 Å². The lowest BCUT2D eigenvalue weighted by Gasteiger charge is -2.26. The molecular formula is C9H12F3NO3. The van der Waals surface area contributed by atoms with E-state index in [1.807, 2.05) is 0 Å². The van der Waals surface area contributed by atoms with Crippen LogP contribution in [-0.4, -0.2) is 28.7 Å². The van der Waals surface area contributed by atoms with Gasteiger partial charge in [0.1, 0.15) is 5.54 Å². The molecule has 7 heteroatoms. The molecule has 2 atom stereocenters. The molecule has 1 amide bonds. The highest BCUT2D eigenvalue weighted by atomic mass is 19.4. The number of hydrogen-bond donors (Lipinski definition) is 2. The third-order valence-corrected chi connectivity index (χ3v) is 2.78. The molecule has 16 heavy (non-hydrogen) atoms. The standard InChI is InChI=1S/C9H12F3NO3/c1-5-2-3-8(4-5,7(15)16)13-6(14)9(10,11)12/h5H,2-4H2,1H3,(H,13,14)(H,15,16).